The topological polar surface area (TPSA) is 46.2 Å². The molecule has 38 heavy (non-hydrogen) atoms. The summed E-state index contributed by atoms with van der Waals surface area (Å²) in [6.45, 7) is 32.1. The van der Waals surface area contributed by atoms with Crippen LogP contribution in [0, 0.1) is 0 Å². The lowest BCUT2D eigenvalue weighted by Crippen LogP contribution is -2.66. The van der Waals surface area contributed by atoms with Crippen LogP contribution in [0.15, 0.2) is 43.0 Å². The van der Waals surface area contributed by atoms with Crippen molar-refractivity contribution in [2.75, 3.05) is 6.61 Å². The molecule has 0 amide bonds. The van der Waals surface area contributed by atoms with Crippen molar-refractivity contribution in [2.24, 2.45) is 0 Å². The van der Waals surface area contributed by atoms with Crippen LogP contribution in [0.25, 0.3) is 0 Å². The van der Waals surface area contributed by atoms with Crippen LogP contribution in [0.5, 0.6) is 0 Å². The van der Waals surface area contributed by atoms with Crippen LogP contribution in [-0.2, 0) is 29.7 Å². The van der Waals surface area contributed by atoms with Gasteiger partial charge in [-0.1, -0.05) is 98.7 Å². The van der Waals surface area contributed by atoms with E-state index in [-0.39, 0.29) is 23.4 Å². The lowest BCUT2D eigenvalue weighted by Gasteiger charge is -2.53. The molecule has 1 aromatic rings. The SMILES string of the molecule is C=CCO[C@@H]1O[C@@H](C)[C@H](O[Si](C(C)C)(C(C)C)C(C)C)[C@@H](O[Si](C)(C)C(C)(C)C)[C@H]1OCc1ccccc1. The monoisotopic (exact) mass is 564 g/mol. The predicted octanol–water partition coefficient (Wildman–Crippen LogP) is 8.47. The smallest absolute Gasteiger partial charge is 0.201 e. The van der Waals surface area contributed by atoms with E-state index in [0.29, 0.717) is 29.8 Å². The molecule has 0 N–H and O–H groups in total. The Bertz CT molecular complexity index is 828. The minimum atomic E-state index is -2.24. The first-order chi connectivity index (χ1) is 17.6. The molecular weight excluding hydrogens is 509 g/mol. The maximum atomic E-state index is 7.44. The van der Waals surface area contributed by atoms with Crippen molar-refractivity contribution in [3.63, 3.8) is 0 Å². The van der Waals surface area contributed by atoms with Crippen molar-refractivity contribution in [1.29, 1.82) is 0 Å². The summed E-state index contributed by atoms with van der Waals surface area (Å²) >= 11 is 0. The van der Waals surface area contributed by atoms with Gasteiger partial charge in [0.15, 0.2) is 14.6 Å². The van der Waals surface area contributed by atoms with Crippen molar-refractivity contribution in [1.82, 2.24) is 0 Å². The van der Waals surface area contributed by atoms with Gasteiger partial charge in [0.25, 0.3) is 0 Å². The Morgan fingerprint density at radius 1 is 0.868 bits per heavy atom. The van der Waals surface area contributed by atoms with E-state index in [2.05, 4.69) is 101 Å². The van der Waals surface area contributed by atoms with Crippen molar-refractivity contribution >= 4 is 16.6 Å². The van der Waals surface area contributed by atoms with E-state index >= 15 is 0 Å². The number of ether oxygens (including phenoxy) is 3. The standard InChI is InChI=1S/C31H56O5Si2/c1-14-20-32-30-29(33-21-26-18-16-15-17-19-26)28(35-37(12,13)31(9,10)11)27(25(8)34-30)36-38(22(2)3,23(4)5)24(6)7/h14-19,22-25,27-30H,1,20-21H2,2-13H3/t25-,27-,28+,29+,30+/m0/s1. The zero-order chi connectivity index (χ0) is 28.9. The second kappa shape index (κ2) is 13.7. The Hall–Kier alpha value is -0.806. The van der Waals surface area contributed by atoms with E-state index in [0.717, 1.165) is 5.56 Å². The average Bonchev–Trinajstić information content (AvgIpc) is 2.81. The van der Waals surface area contributed by atoms with Crippen LogP contribution in [-0.4, -0.2) is 53.9 Å². The molecule has 1 fully saturated rings. The molecule has 1 saturated heterocycles. The maximum Gasteiger partial charge on any atom is 0.201 e. The largest absolute Gasteiger partial charge is 0.408 e. The molecule has 1 heterocycles. The molecule has 5 atom stereocenters. The fraction of sp³-hybridized carbons (Fsp3) is 0.742. The van der Waals surface area contributed by atoms with Crippen molar-refractivity contribution in [3.05, 3.63) is 48.6 Å². The highest BCUT2D eigenvalue weighted by atomic mass is 28.4. The van der Waals surface area contributed by atoms with Crippen LogP contribution >= 0.6 is 0 Å². The number of hydrogen-bond acceptors (Lipinski definition) is 5. The van der Waals surface area contributed by atoms with Crippen molar-refractivity contribution in [2.45, 2.75) is 141 Å². The summed E-state index contributed by atoms with van der Waals surface area (Å²) in [6.07, 6.45) is -0.0471. The van der Waals surface area contributed by atoms with Gasteiger partial charge in [0.2, 0.25) is 8.32 Å². The molecule has 7 heteroatoms. The maximum absolute atomic E-state index is 7.44. The third-order valence-electron chi connectivity index (χ3n) is 8.68. The second-order valence-corrected chi connectivity index (χ2v) is 23.5. The van der Waals surface area contributed by atoms with Gasteiger partial charge in [-0.15, -0.1) is 6.58 Å². The summed E-state index contributed by atoms with van der Waals surface area (Å²) in [5, 5.41) is 0.0310. The van der Waals surface area contributed by atoms with Crippen LogP contribution in [0.3, 0.4) is 0 Å². The van der Waals surface area contributed by atoms with E-state index < -0.39 is 29.0 Å². The first kappa shape index (κ1) is 33.4. The third-order valence-corrected chi connectivity index (χ3v) is 19.2. The molecule has 1 aliphatic heterocycles. The molecule has 1 aromatic carbocycles. The highest BCUT2D eigenvalue weighted by Gasteiger charge is 2.55. The number of hydrogen-bond donors (Lipinski definition) is 0. The molecule has 0 spiro atoms. The normalized spacial score (nSPS) is 25.4. The van der Waals surface area contributed by atoms with Gasteiger partial charge >= 0.3 is 0 Å². The van der Waals surface area contributed by atoms with Gasteiger partial charge in [0.05, 0.1) is 25.4 Å². The molecule has 0 aliphatic carbocycles. The number of benzene rings is 1. The van der Waals surface area contributed by atoms with Crippen LogP contribution in [0.2, 0.25) is 34.8 Å². The molecule has 0 aromatic heterocycles. The summed E-state index contributed by atoms with van der Waals surface area (Å²) in [7, 11) is -4.45. The van der Waals surface area contributed by atoms with Crippen LogP contribution < -0.4 is 0 Å². The molecule has 0 bridgehead atoms. The Morgan fingerprint density at radius 2 is 1.42 bits per heavy atom. The summed E-state index contributed by atoms with van der Waals surface area (Å²) < 4.78 is 34.1. The van der Waals surface area contributed by atoms with Crippen molar-refractivity contribution < 1.29 is 23.1 Å². The van der Waals surface area contributed by atoms with Gasteiger partial charge in [0.1, 0.15) is 12.2 Å². The zero-order valence-corrected chi connectivity index (χ0v) is 28.2. The fourth-order valence-electron chi connectivity index (χ4n) is 5.67. The van der Waals surface area contributed by atoms with Gasteiger partial charge in [-0.25, -0.2) is 0 Å². The van der Waals surface area contributed by atoms with Gasteiger partial charge in [-0.05, 0) is 47.2 Å². The second-order valence-electron chi connectivity index (χ2n) is 13.3. The van der Waals surface area contributed by atoms with Crippen molar-refractivity contribution in [3.8, 4) is 0 Å². The van der Waals surface area contributed by atoms with E-state index in [1.807, 2.05) is 18.2 Å². The quantitative estimate of drug-likeness (QED) is 0.178. The molecular formula is C31H56O5Si2. The molecule has 5 nitrogen and oxygen atoms in total. The van der Waals surface area contributed by atoms with E-state index in [1.165, 1.54) is 0 Å². The Kier molecular flexibility index (Phi) is 12.0. The van der Waals surface area contributed by atoms with E-state index in [4.69, 9.17) is 23.1 Å². The van der Waals surface area contributed by atoms with Gasteiger partial charge in [-0.3, -0.25) is 0 Å². The average molecular weight is 565 g/mol. The predicted molar refractivity (Wildman–Crippen MR) is 163 cm³/mol. The summed E-state index contributed by atoms with van der Waals surface area (Å²) in [4.78, 5) is 0. The van der Waals surface area contributed by atoms with Crippen LogP contribution in [0.4, 0.5) is 0 Å². The molecule has 0 unspecified atom stereocenters. The highest BCUT2D eigenvalue weighted by Crippen LogP contribution is 2.46. The van der Waals surface area contributed by atoms with E-state index in [1.54, 1.807) is 6.08 Å². The molecule has 218 valence electrons. The third kappa shape index (κ3) is 7.68. The summed E-state index contributed by atoms with van der Waals surface area (Å²) in [5.41, 5.74) is 2.44. The first-order valence-electron chi connectivity index (χ1n) is 14.5. The van der Waals surface area contributed by atoms with Gasteiger partial charge in [0, 0.05) is 0 Å². The van der Waals surface area contributed by atoms with Crippen LogP contribution in [0.1, 0.15) is 74.8 Å². The minimum absolute atomic E-state index is 0.0310. The molecule has 0 saturated carbocycles. The highest BCUT2D eigenvalue weighted by molar-refractivity contribution is 6.77. The zero-order valence-electron chi connectivity index (χ0n) is 26.2. The van der Waals surface area contributed by atoms with Gasteiger partial charge in [-0.2, -0.15) is 0 Å². The lowest BCUT2D eigenvalue weighted by molar-refractivity contribution is -0.297. The molecule has 2 rings (SSSR count). The minimum Gasteiger partial charge on any atom is -0.408 e. The molecule has 1 aliphatic rings. The Balaban J connectivity index is 2.60. The Morgan fingerprint density at radius 3 is 1.89 bits per heavy atom. The first-order valence-corrected chi connectivity index (χ1v) is 19.5. The lowest BCUT2D eigenvalue weighted by atomic mass is 9.99. The fourth-order valence-corrected chi connectivity index (χ4v) is 12.6. The summed E-state index contributed by atoms with van der Waals surface area (Å²) in [5.74, 6) is 0. The van der Waals surface area contributed by atoms with Gasteiger partial charge < -0.3 is 23.1 Å². The Labute approximate surface area is 235 Å². The number of rotatable bonds is 13. The summed E-state index contributed by atoms with van der Waals surface area (Å²) in [6, 6.07) is 10.3. The van der Waals surface area contributed by atoms with E-state index in [9.17, 15) is 0 Å². The molecule has 0 radical (unpaired) electrons.